The number of allylic oxidation sites excluding steroid dienone is 1. The molecule has 0 amide bonds. The summed E-state index contributed by atoms with van der Waals surface area (Å²) < 4.78 is 0. The van der Waals surface area contributed by atoms with E-state index in [2.05, 4.69) is 12.1 Å². The molecule has 1 aromatic carbocycles. The third kappa shape index (κ3) is 4.18. The summed E-state index contributed by atoms with van der Waals surface area (Å²) in [5.41, 5.74) is 8.99. The van der Waals surface area contributed by atoms with E-state index in [1.54, 1.807) is 5.57 Å². The molecule has 2 heteroatoms. The fourth-order valence-electron chi connectivity index (χ4n) is 2.47. The van der Waals surface area contributed by atoms with E-state index in [4.69, 9.17) is 17.3 Å². The maximum absolute atomic E-state index is 6.20. The van der Waals surface area contributed by atoms with Gasteiger partial charge in [0.15, 0.2) is 0 Å². The number of halogens is 1. The summed E-state index contributed by atoms with van der Waals surface area (Å²) in [7, 11) is 0. The summed E-state index contributed by atoms with van der Waals surface area (Å²) >= 11 is 5.97. The molecule has 0 saturated heterocycles. The predicted molar refractivity (Wildman–Crippen MR) is 74.3 cm³/mol. The highest BCUT2D eigenvalue weighted by Gasteiger charge is 2.10. The molecule has 1 nitrogen and oxygen atoms in total. The molecule has 0 aliphatic heterocycles. The average Bonchev–Trinajstić information content (AvgIpc) is 2.30. The molecule has 2 rings (SSSR count). The van der Waals surface area contributed by atoms with Crippen molar-refractivity contribution in [1.82, 2.24) is 0 Å². The Morgan fingerprint density at radius 3 is 2.82 bits per heavy atom. The van der Waals surface area contributed by atoms with Crippen LogP contribution in [0, 0.1) is 0 Å². The molecule has 1 atom stereocenters. The SMILES string of the molecule is NC(CC1=CCCCC1)Cc1cccc(Cl)c1. The first-order valence-corrected chi connectivity index (χ1v) is 6.80. The van der Waals surface area contributed by atoms with Crippen LogP contribution < -0.4 is 5.73 Å². The van der Waals surface area contributed by atoms with Gasteiger partial charge in [-0.2, -0.15) is 0 Å². The first-order valence-electron chi connectivity index (χ1n) is 6.42. The topological polar surface area (TPSA) is 26.0 Å². The Hall–Kier alpha value is -0.790. The van der Waals surface area contributed by atoms with E-state index in [1.165, 1.54) is 31.2 Å². The molecule has 0 spiro atoms. The second-order valence-electron chi connectivity index (χ2n) is 4.91. The lowest BCUT2D eigenvalue weighted by molar-refractivity contribution is 0.606. The molecule has 0 bridgehead atoms. The van der Waals surface area contributed by atoms with Crippen LogP contribution >= 0.6 is 11.6 Å². The van der Waals surface area contributed by atoms with Crippen LogP contribution in [-0.4, -0.2) is 6.04 Å². The van der Waals surface area contributed by atoms with Crippen molar-refractivity contribution in [3.8, 4) is 0 Å². The lowest BCUT2D eigenvalue weighted by atomic mass is 9.92. The van der Waals surface area contributed by atoms with E-state index in [9.17, 15) is 0 Å². The van der Waals surface area contributed by atoms with Crippen LogP contribution in [0.4, 0.5) is 0 Å². The Labute approximate surface area is 109 Å². The Morgan fingerprint density at radius 1 is 1.24 bits per heavy atom. The first kappa shape index (κ1) is 12.7. The van der Waals surface area contributed by atoms with Crippen LogP contribution in [0.25, 0.3) is 0 Å². The molecule has 1 aromatic rings. The van der Waals surface area contributed by atoms with Gasteiger partial charge in [-0.1, -0.05) is 35.4 Å². The quantitative estimate of drug-likeness (QED) is 0.799. The molecule has 17 heavy (non-hydrogen) atoms. The van der Waals surface area contributed by atoms with Gasteiger partial charge in [-0.25, -0.2) is 0 Å². The lowest BCUT2D eigenvalue weighted by Crippen LogP contribution is -2.23. The van der Waals surface area contributed by atoms with Crippen LogP contribution in [0.5, 0.6) is 0 Å². The van der Waals surface area contributed by atoms with Crippen LogP contribution in [0.2, 0.25) is 5.02 Å². The van der Waals surface area contributed by atoms with E-state index in [0.29, 0.717) is 0 Å². The number of benzene rings is 1. The van der Waals surface area contributed by atoms with Crippen LogP contribution in [0.15, 0.2) is 35.9 Å². The third-order valence-corrected chi connectivity index (χ3v) is 3.53. The third-order valence-electron chi connectivity index (χ3n) is 3.30. The smallest absolute Gasteiger partial charge is 0.0408 e. The fourth-order valence-corrected chi connectivity index (χ4v) is 2.68. The van der Waals surface area contributed by atoms with E-state index in [0.717, 1.165) is 17.9 Å². The molecule has 1 unspecified atom stereocenters. The maximum Gasteiger partial charge on any atom is 0.0408 e. The summed E-state index contributed by atoms with van der Waals surface area (Å²) in [5.74, 6) is 0. The maximum atomic E-state index is 6.20. The van der Waals surface area contributed by atoms with Crippen molar-refractivity contribution in [3.63, 3.8) is 0 Å². The fraction of sp³-hybridized carbons (Fsp3) is 0.467. The zero-order chi connectivity index (χ0) is 12.1. The minimum absolute atomic E-state index is 0.220. The van der Waals surface area contributed by atoms with Gasteiger partial charge in [0, 0.05) is 11.1 Å². The van der Waals surface area contributed by atoms with Gasteiger partial charge in [-0.3, -0.25) is 0 Å². The number of rotatable bonds is 4. The van der Waals surface area contributed by atoms with Crippen molar-refractivity contribution in [2.75, 3.05) is 0 Å². The van der Waals surface area contributed by atoms with Crippen LogP contribution in [-0.2, 0) is 6.42 Å². The van der Waals surface area contributed by atoms with Gasteiger partial charge < -0.3 is 5.73 Å². The molecular weight excluding hydrogens is 230 g/mol. The summed E-state index contributed by atoms with van der Waals surface area (Å²) in [6.07, 6.45) is 9.47. The Morgan fingerprint density at radius 2 is 2.12 bits per heavy atom. The van der Waals surface area contributed by atoms with Crippen molar-refractivity contribution in [1.29, 1.82) is 0 Å². The molecule has 0 aromatic heterocycles. The van der Waals surface area contributed by atoms with Gasteiger partial charge in [0.1, 0.15) is 0 Å². The first-order chi connectivity index (χ1) is 8.24. The average molecular weight is 250 g/mol. The van der Waals surface area contributed by atoms with Crippen LogP contribution in [0.1, 0.15) is 37.7 Å². The monoisotopic (exact) mass is 249 g/mol. The molecule has 92 valence electrons. The highest BCUT2D eigenvalue weighted by molar-refractivity contribution is 6.30. The van der Waals surface area contributed by atoms with E-state index in [1.807, 2.05) is 18.2 Å². The molecule has 2 N–H and O–H groups in total. The minimum atomic E-state index is 0.220. The van der Waals surface area contributed by atoms with Gasteiger partial charge in [0.2, 0.25) is 0 Å². The molecule has 0 saturated carbocycles. The molecule has 1 aliphatic rings. The van der Waals surface area contributed by atoms with Crippen LogP contribution in [0.3, 0.4) is 0 Å². The summed E-state index contributed by atoms with van der Waals surface area (Å²) in [5, 5.41) is 0.798. The Bertz CT molecular complexity index is 398. The highest BCUT2D eigenvalue weighted by Crippen LogP contribution is 2.22. The van der Waals surface area contributed by atoms with E-state index >= 15 is 0 Å². The largest absolute Gasteiger partial charge is 0.327 e. The van der Waals surface area contributed by atoms with Gasteiger partial charge in [0.25, 0.3) is 0 Å². The van der Waals surface area contributed by atoms with Crippen molar-refractivity contribution >= 4 is 11.6 Å². The van der Waals surface area contributed by atoms with Crippen molar-refractivity contribution in [2.45, 2.75) is 44.6 Å². The Balaban J connectivity index is 1.88. The summed E-state index contributed by atoms with van der Waals surface area (Å²) in [4.78, 5) is 0. The van der Waals surface area contributed by atoms with Gasteiger partial charge in [-0.15, -0.1) is 0 Å². The van der Waals surface area contributed by atoms with Crippen molar-refractivity contribution in [3.05, 3.63) is 46.5 Å². The highest BCUT2D eigenvalue weighted by atomic mass is 35.5. The summed E-state index contributed by atoms with van der Waals surface area (Å²) in [6.45, 7) is 0. The van der Waals surface area contributed by atoms with Gasteiger partial charge in [0.05, 0.1) is 0 Å². The number of hydrogen-bond acceptors (Lipinski definition) is 1. The van der Waals surface area contributed by atoms with Gasteiger partial charge in [-0.05, 0) is 56.2 Å². The van der Waals surface area contributed by atoms with Crippen molar-refractivity contribution in [2.24, 2.45) is 5.73 Å². The number of nitrogens with two attached hydrogens (primary N) is 1. The molecular formula is C15H20ClN. The zero-order valence-corrected chi connectivity index (χ0v) is 10.9. The summed E-state index contributed by atoms with van der Waals surface area (Å²) in [6, 6.07) is 8.22. The minimum Gasteiger partial charge on any atom is -0.327 e. The van der Waals surface area contributed by atoms with E-state index < -0.39 is 0 Å². The second-order valence-corrected chi connectivity index (χ2v) is 5.34. The van der Waals surface area contributed by atoms with E-state index in [-0.39, 0.29) is 6.04 Å². The molecule has 0 fully saturated rings. The Kier molecular flexibility index (Phi) is 4.64. The zero-order valence-electron chi connectivity index (χ0n) is 10.2. The van der Waals surface area contributed by atoms with Gasteiger partial charge >= 0.3 is 0 Å². The normalized spacial score (nSPS) is 17.6. The lowest BCUT2D eigenvalue weighted by Gasteiger charge is -2.17. The molecule has 1 aliphatic carbocycles. The second kappa shape index (κ2) is 6.23. The predicted octanol–water partition coefficient (Wildman–Crippen LogP) is 4.10. The number of hydrogen-bond donors (Lipinski definition) is 1. The van der Waals surface area contributed by atoms with Crippen molar-refractivity contribution < 1.29 is 0 Å². The molecule has 0 radical (unpaired) electrons. The standard InChI is InChI=1S/C15H20ClN/c16-14-8-4-7-13(9-14)11-15(17)10-12-5-2-1-3-6-12/h4-5,7-9,15H,1-3,6,10-11,17H2. The molecule has 0 heterocycles.